The predicted octanol–water partition coefficient (Wildman–Crippen LogP) is 19.5. The molecular formula is C52H104O2Si. The maximum absolute atomic E-state index is 13.1. The number of hydrogen-bond acceptors (Lipinski definition) is 2. The van der Waals surface area contributed by atoms with Gasteiger partial charge < -0.3 is 4.43 Å². The van der Waals surface area contributed by atoms with Gasteiger partial charge in [-0.3, -0.25) is 0 Å². The highest BCUT2D eigenvalue weighted by Crippen LogP contribution is 2.32. The van der Waals surface area contributed by atoms with Crippen molar-refractivity contribution in [3.63, 3.8) is 0 Å². The molecule has 3 heteroatoms. The van der Waals surface area contributed by atoms with E-state index in [0.29, 0.717) is 5.57 Å². The molecule has 0 aliphatic heterocycles. The van der Waals surface area contributed by atoms with Crippen molar-refractivity contribution in [2.75, 3.05) is 0 Å². The van der Waals surface area contributed by atoms with Gasteiger partial charge in [-0.1, -0.05) is 297 Å². The van der Waals surface area contributed by atoms with Gasteiger partial charge in [0, 0.05) is 5.57 Å². The molecule has 0 N–H and O–H groups in total. The Morgan fingerprint density at radius 1 is 0.327 bits per heavy atom. The Kier molecular flexibility index (Phi) is 44.1. The summed E-state index contributed by atoms with van der Waals surface area (Å²) in [6.45, 7) is 12.8. The average Bonchev–Trinajstić information content (AvgIpc) is 3.18. The first-order valence-corrected chi connectivity index (χ1v) is 28.4. The minimum Gasteiger partial charge on any atom is -0.516 e. The van der Waals surface area contributed by atoms with Gasteiger partial charge in [-0.25, -0.2) is 4.79 Å². The summed E-state index contributed by atoms with van der Waals surface area (Å²) in [7, 11) is -2.14. The summed E-state index contributed by atoms with van der Waals surface area (Å²) in [5.74, 6) is -0.0910. The molecule has 0 unspecified atom stereocenters. The van der Waals surface area contributed by atoms with Crippen LogP contribution < -0.4 is 0 Å². The number of unbranched alkanes of at least 4 members (excludes halogenated alkanes) is 39. The minimum absolute atomic E-state index is 0.0910. The first-order valence-electron chi connectivity index (χ1n) is 25.9. The first-order chi connectivity index (χ1) is 27.0. The summed E-state index contributed by atoms with van der Waals surface area (Å²) in [5.41, 5.74) is 0.596. The van der Waals surface area contributed by atoms with Gasteiger partial charge in [-0.05, 0) is 25.1 Å². The molecule has 0 aliphatic rings. The molecule has 2 nitrogen and oxygen atoms in total. The Hall–Kier alpha value is -0.573. The fourth-order valence-electron chi connectivity index (χ4n) is 8.74. The quantitative estimate of drug-likeness (QED) is 0.0349. The Balaban J connectivity index is 4.59. The molecule has 328 valence electrons. The SMILES string of the molecule is C=C(C)C(=O)O[Si](CCCCCCCCCCCC)(CCCCCCCCCCCCCCCCCC)CCCCCCCCCCCCCCCCCC. The van der Waals surface area contributed by atoms with E-state index >= 15 is 0 Å². The standard InChI is InChI=1S/C52H104O2Si/c1-6-9-12-15-18-21-24-26-28-30-32-34-37-40-43-46-49-55(54-52(53)51(4)5,48-45-42-39-36-23-20-17-14-11-8-3)50-47-44-41-38-35-33-31-29-27-25-22-19-16-13-10-7-2/h4,6-50H2,1-3,5H3. The van der Waals surface area contributed by atoms with Gasteiger partial charge in [0.25, 0.3) is 8.32 Å². The molecule has 0 atom stereocenters. The molecular weight excluding hydrogens is 685 g/mol. The second kappa shape index (κ2) is 44.5. The molecule has 0 radical (unpaired) electrons. The largest absolute Gasteiger partial charge is 0.516 e. The molecule has 0 rings (SSSR count). The summed E-state index contributed by atoms with van der Waals surface area (Å²) in [6, 6.07) is 3.54. The highest BCUT2D eigenvalue weighted by atomic mass is 28.4. The van der Waals surface area contributed by atoms with Crippen molar-refractivity contribution in [1.29, 1.82) is 0 Å². The number of carbonyl (C=O) groups is 1. The molecule has 0 aromatic carbocycles. The number of hydrogen-bond donors (Lipinski definition) is 0. The van der Waals surface area contributed by atoms with Crippen molar-refractivity contribution < 1.29 is 9.22 Å². The van der Waals surface area contributed by atoms with Crippen molar-refractivity contribution in [2.45, 2.75) is 316 Å². The van der Waals surface area contributed by atoms with Crippen LogP contribution in [0.15, 0.2) is 12.2 Å². The minimum atomic E-state index is -2.14. The smallest absolute Gasteiger partial charge is 0.319 e. The maximum Gasteiger partial charge on any atom is 0.319 e. The van der Waals surface area contributed by atoms with E-state index in [9.17, 15) is 4.79 Å². The van der Waals surface area contributed by atoms with Crippen LogP contribution in [0.4, 0.5) is 0 Å². The molecule has 0 heterocycles. The van der Waals surface area contributed by atoms with Crippen LogP contribution in [0.3, 0.4) is 0 Å². The second-order valence-corrected chi connectivity index (χ2v) is 22.5. The fourth-order valence-corrected chi connectivity index (χ4v) is 13.0. The van der Waals surface area contributed by atoms with E-state index in [-0.39, 0.29) is 5.97 Å². The van der Waals surface area contributed by atoms with Crippen LogP contribution in [0.1, 0.15) is 297 Å². The van der Waals surface area contributed by atoms with Crippen molar-refractivity contribution in [3.05, 3.63) is 12.2 Å². The molecule has 0 bridgehead atoms. The predicted molar refractivity (Wildman–Crippen MR) is 252 cm³/mol. The van der Waals surface area contributed by atoms with E-state index in [0.717, 1.165) is 0 Å². The van der Waals surface area contributed by atoms with Crippen LogP contribution in [-0.4, -0.2) is 14.3 Å². The first kappa shape index (κ1) is 54.4. The van der Waals surface area contributed by atoms with Gasteiger partial charge in [0.15, 0.2) is 0 Å². The molecule has 0 aromatic rings. The molecule has 0 aliphatic carbocycles. The fraction of sp³-hybridized carbons (Fsp3) is 0.942. The molecule has 0 aromatic heterocycles. The third-order valence-electron chi connectivity index (χ3n) is 12.6. The van der Waals surface area contributed by atoms with Crippen LogP contribution >= 0.6 is 0 Å². The van der Waals surface area contributed by atoms with Gasteiger partial charge in [0.1, 0.15) is 0 Å². The molecule has 0 saturated carbocycles. The summed E-state index contributed by atoms with van der Waals surface area (Å²) in [6.07, 6.45) is 58.6. The van der Waals surface area contributed by atoms with Crippen LogP contribution in [-0.2, 0) is 9.22 Å². The zero-order valence-corrected chi connectivity index (χ0v) is 39.8. The van der Waals surface area contributed by atoms with Gasteiger partial charge in [-0.15, -0.1) is 0 Å². The lowest BCUT2D eigenvalue weighted by Crippen LogP contribution is -2.40. The lowest BCUT2D eigenvalue weighted by atomic mass is 10.0. The lowest BCUT2D eigenvalue weighted by Gasteiger charge is -2.32. The van der Waals surface area contributed by atoms with Crippen molar-refractivity contribution in [3.8, 4) is 0 Å². The van der Waals surface area contributed by atoms with Crippen LogP contribution in [0.5, 0.6) is 0 Å². The normalized spacial score (nSPS) is 11.8. The third-order valence-corrected chi connectivity index (χ3v) is 17.0. The summed E-state index contributed by atoms with van der Waals surface area (Å²) >= 11 is 0. The number of carbonyl (C=O) groups excluding carboxylic acids is 1. The molecule has 0 spiro atoms. The summed E-state index contributed by atoms with van der Waals surface area (Å²) in [4.78, 5) is 13.1. The van der Waals surface area contributed by atoms with E-state index in [1.54, 1.807) is 0 Å². The van der Waals surface area contributed by atoms with E-state index in [4.69, 9.17) is 4.43 Å². The summed E-state index contributed by atoms with van der Waals surface area (Å²) < 4.78 is 6.63. The van der Waals surface area contributed by atoms with E-state index < -0.39 is 8.32 Å². The Labute approximate surface area is 349 Å². The van der Waals surface area contributed by atoms with Gasteiger partial charge in [0.2, 0.25) is 0 Å². The van der Waals surface area contributed by atoms with Crippen molar-refractivity contribution in [1.82, 2.24) is 0 Å². The molecule has 55 heavy (non-hydrogen) atoms. The lowest BCUT2D eigenvalue weighted by molar-refractivity contribution is -0.131. The Morgan fingerprint density at radius 3 is 0.655 bits per heavy atom. The zero-order valence-electron chi connectivity index (χ0n) is 38.8. The van der Waals surface area contributed by atoms with Gasteiger partial charge in [-0.2, -0.15) is 0 Å². The molecule has 0 fully saturated rings. The zero-order chi connectivity index (χ0) is 40.2. The highest BCUT2D eigenvalue weighted by molar-refractivity contribution is 6.75. The second-order valence-electron chi connectivity index (χ2n) is 18.4. The summed E-state index contributed by atoms with van der Waals surface area (Å²) in [5, 5.41) is 0. The number of rotatable bonds is 47. The van der Waals surface area contributed by atoms with Crippen molar-refractivity contribution in [2.24, 2.45) is 0 Å². The topological polar surface area (TPSA) is 26.3 Å². The van der Waals surface area contributed by atoms with Gasteiger partial charge >= 0.3 is 5.97 Å². The van der Waals surface area contributed by atoms with E-state index in [2.05, 4.69) is 27.4 Å². The van der Waals surface area contributed by atoms with Crippen LogP contribution in [0.2, 0.25) is 18.1 Å². The van der Waals surface area contributed by atoms with Crippen molar-refractivity contribution >= 4 is 14.3 Å². The monoisotopic (exact) mass is 789 g/mol. The van der Waals surface area contributed by atoms with Crippen LogP contribution in [0, 0.1) is 0 Å². The highest BCUT2D eigenvalue weighted by Gasteiger charge is 2.37. The molecule has 0 amide bonds. The third kappa shape index (κ3) is 40.0. The Bertz CT molecular complexity index is 742. The average molecular weight is 789 g/mol. The Morgan fingerprint density at radius 2 is 0.491 bits per heavy atom. The maximum atomic E-state index is 13.1. The van der Waals surface area contributed by atoms with Crippen LogP contribution in [0.25, 0.3) is 0 Å². The molecule has 0 saturated heterocycles. The van der Waals surface area contributed by atoms with Gasteiger partial charge in [0.05, 0.1) is 0 Å². The van der Waals surface area contributed by atoms with E-state index in [1.807, 2.05) is 6.92 Å². The van der Waals surface area contributed by atoms with E-state index in [1.165, 1.54) is 288 Å².